The molecule has 0 saturated carbocycles. The lowest BCUT2D eigenvalue weighted by Crippen LogP contribution is -2.45. The first kappa shape index (κ1) is 18.5. The summed E-state index contributed by atoms with van der Waals surface area (Å²) in [6.07, 6.45) is -0.507. The fourth-order valence-corrected chi connectivity index (χ4v) is 1.83. The van der Waals surface area contributed by atoms with Gasteiger partial charge in [0.1, 0.15) is 11.6 Å². The van der Waals surface area contributed by atoms with Crippen molar-refractivity contribution >= 4 is 18.0 Å². The van der Waals surface area contributed by atoms with Crippen LogP contribution in [0.5, 0.6) is 0 Å². The van der Waals surface area contributed by atoms with Crippen molar-refractivity contribution in [2.75, 3.05) is 7.11 Å². The van der Waals surface area contributed by atoms with Crippen LogP contribution in [0.15, 0.2) is 24.3 Å². The van der Waals surface area contributed by atoms with Crippen molar-refractivity contribution in [3.63, 3.8) is 0 Å². The predicted molar refractivity (Wildman–Crippen MR) is 83.8 cm³/mol. The summed E-state index contributed by atoms with van der Waals surface area (Å²) in [5.74, 6) is -1.12. The molecule has 7 heteroatoms. The summed E-state index contributed by atoms with van der Waals surface area (Å²) in [7, 11) is 1.24. The second kappa shape index (κ2) is 7.62. The molecule has 23 heavy (non-hydrogen) atoms. The van der Waals surface area contributed by atoms with Crippen molar-refractivity contribution in [2.24, 2.45) is 5.73 Å². The number of rotatable bonds is 5. The Hall–Kier alpha value is -2.57. The Bertz CT molecular complexity index is 575. The van der Waals surface area contributed by atoms with Crippen molar-refractivity contribution in [1.29, 1.82) is 0 Å². The van der Waals surface area contributed by atoms with Crippen molar-refractivity contribution in [1.82, 2.24) is 5.32 Å². The smallest absolute Gasteiger partial charge is 0.408 e. The number of carbonyl (C=O) groups excluding carboxylic acids is 3. The van der Waals surface area contributed by atoms with Crippen LogP contribution in [0, 0.1) is 0 Å². The van der Waals surface area contributed by atoms with Gasteiger partial charge in [-0.1, -0.05) is 12.1 Å². The SMILES string of the molecule is COC(=O)C(Cc1ccc(C(N)=O)cc1)NC(=O)OC(C)(C)C. The Morgan fingerprint density at radius 2 is 1.74 bits per heavy atom. The average molecular weight is 322 g/mol. The van der Waals surface area contributed by atoms with E-state index in [0.29, 0.717) is 5.56 Å². The summed E-state index contributed by atoms with van der Waals surface area (Å²) in [6.45, 7) is 5.17. The van der Waals surface area contributed by atoms with Crippen LogP contribution in [-0.2, 0) is 20.7 Å². The summed E-state index contributed by atoms with van der Waals surface area (Å²) in [5.41, 5.74) is 5.60. The van der Waals surface area contributed by atoms with Crippen LogP contribution in [0.2, 0.25) is 0 Å². The van der Waals surface area contributed by atoms with Gasteiger partial charge in [-0.05, 0) is 38.5 Å². The van der Waals surface area contributed by atoms with Crippen molar-refractivity contribution < 1.29 is 23.9 Å². The number of alkyl carbamates (subject to hydrolysis) is 1. The van der Waals surface area contributed by atoms with Crippen LogP contribution in [-0.4, -0.2) is 36.7 Å². The standard InChI is InChI=1S/C16H22N2O5/c1-16(2,3)23-15(21)18-12(14(20)22-4)9-10-5-7-11(8-6-10)13(17)19/h5-8,12H,9H2,1-4H3,(H2,17,19)(H,18,21). The average Bonchev–Trinajstić information content (AvgIpc) is 2.44. The number of hydrogen-bond acceptors (Lipinski definition) is 5. The van der Waals surface area contributed by atoms with E-state index in [4.69, 9.17) is 15.2 Å². The number of methoxy groups -OCH3 is 1. The molecule has 0 heterocycles. The Morgan fingerprint density at radius 1 is 1.17 bits per heavy atom. The van der Waals surface area contributed by atoms with E-state index < -0.39 is 29.6 Å². The Labute approximate surface area is 135 Å². The zero-order valence-electron chi connectivity index (χ0n) is 13.7. The molecule has 7 nitrogen and oxygen atoms in total. The highest BCUT2D eigenvalue weighted by atomic mass is 16.6. The van der Waals surface area contributed by atoms with Gasteiger partial charge in [-0.3, -0.25) is 4.79 Å². The lowest BCUT2D eigenvalue weighted by Gasteiger charge is -2.22. The van der Waals surface area contributed by atoms with E-state index in [1.54, 1.807) is 45.0 Å². The predicted octanol–water partition coefficient (Wildman–Crippen LogP) is 1.39. The molecule has 0 saturated heterocycles. The van der Waals surface area contributed by atoms with Crippen LogP contribution >= 0.6 is 0 Å². The van der Waals surface area contributed by atoms with Crippen LogP contribution < -0.4 is 11.1 Å². The number of amides is 2. The van der Waals surface area contributed by atoms with Gasteiger partial charge in [0.2, 0.25) is 5.91 Å². The number of nitrogens with one attached hydrogen (secondary N) is 1. The third-order valence-corrected chi connectivity index (χ3v) is 2.85. The van der Waals surface area contributed by atoms with Crippen LogP contribution in [0.3, 0.4) is 0 Å². The molecule has 0 aliphatic rings. The molecule has 1 atom stereocenters. The number of carbonyl (C=O) groups is 3. The molecule has 126 valence electrons. The van der Waals surface area contributed by atoms with Gasteiger partial charge in [-0.2, -0.15) is 0 Å². The maximum Gasteiger partial charge on any atom is 0.408 e. The highest BCUT2D eigenvalue weighted by Crippen LogP contribution is 2.10. The molecule has 0 aromatic heterocycles. The van der Waals surface area contributed by atoms with E-state index in [-0.39, 0.29) is 6.42 Å². The number of benzene rings is 1. The molecule has 0 radical (unpaired) electrons. The zero-order chi connectivity index (χ0) is 17.6. The van der Waals surface area contributed by atoms with Crippen molar-refractivity contribution in [3.8, 4) is 0 Å². The highest BCUT2D eigenvalue weighted by Gasteiger charge is 2.25. The van der Waals surface area contributed by atoms with E-state index in [1.807, 2.05) is 0 Å². The first-order valence-electron chi connectivity index (χ1n) is 7.08. The summed E-state index contributed by atoms with van der Waals surface area (Å²) in [6, 6.07) is 5.53. The van der Waals surface area contributed by atoms with Gasteiger partial charge in [0.15, 0.2) is 0 Å². The molecule has 2 amide bonds. The normalized spacial score (nSPS) is 12.2. The van der Waals surface area contributed by atoms with E-state index in [2.05, 4.69) is 5.32 Å². The van der Waals surface area contributed by atoms with Crippen LogP contribution in [0.1, 0.15) is 36.7 Å². The molecule has 0 fully saturated rings. The Kier molecular flexibility index (Phi) is 6.12. The van der Waals surface area contributed by atoms with Gasteiger partial charge >= 0.3 is 12.1 Å². The Morgan fingerprint density at radius 3 is 2.17 bits per heavy atom. The third kappa shape index (κ3) is 6.37. The monoisotopic (exact) mass is 322 g/mol. The summed E-state index contributed by atoms with van der Waals surface area (Å²) < 4.78 is 9.83. The first-order chi connectivity index (χ1) is 10.6. The zero-order valence-corrected chi connectivity index (χ0v) is 13.7. The van der Waals surface area contributed by atoms with Gasteiger partial charge < -0.3 is 20.5 Å². The molecular weight excluding hydrogens is 300 g/mol. The van der Waals surface area contributed by atoms with E-state index in [0.717, 1.165) is 5.56 Å². The second-order valence-corrected chi connectivity index (χ2v) is 5.99. The molecule has 3 N–H and O–H groups in total. The minimum absolute atomic E-state index is 0.199. The maximum absolute atomic E-state index is 11.8. The van der Waals surface area contributed by atoms with Gasteiger partial charge in [-0.25, -0.2) is 9.59 Å². The molecule has 1 aromatic carbocycles. The molecule has 1 unspecified atom stereocenters. The summed E-state index contributed by atoms with van der Waals surface area (Å²) in [5, 5.41) is 2.48. The molecule has 1 aromatic rings. The lowest BCUT2D eigenvalue weighted by atomic mass is 10.0. The quantitative estimate of drug-likeness (QED) is 0.797. The van der Waals surface area contributed by atoms with Crippen LogP contribution in [0.25, 0.3) is 0 Å². The van der Waals surface area contributed by atoms with E-state index in [1.165, 1.54) is 7.11 Å². The summed E-state index contributed by atoms with van der Waals surface area (Å²) in [4.78, 5) is 34.7. The number of nitrogens with two attached hydrogens (primary N) is 1. The number of hydrogen-bond donors (Lipinski definition) is 2. The maximum atomic E-state index is 11.8. The molecule has 0 spiro atoms. The second-order valence-electron chi connectivity index (χ2n) is 5.99. The number of primary amides is 1. The molecular formula is C16H22N2O5. The van der Waals surface area contributed by atoms with Gasteiger partial charge in [-0.15, -0.1) is 0 Å². The van der Waals surface area contributed by atoms with Gasteiger partial charge in [0.25, 0.3) is 0 Å². The number of esters is 1. The van der Waals surface area contributed by atoms with Crippen molar-refractivity contribution in [2.45, 2.75) is 38.8 Å². The topological polar surface area (TPSA) is 108 Å². The fraction of sp³-hybridized carbons (Fsp3) is 0.438. The minimum atomic E-state index is -0.894. The third-order valence-electron chi connectivity index (χ3n) is 2.85. The van der Waals surface area contributed by atoms with Gasteiger partial charge in [0.05, 0.1) is 7.11 Å². The molecule has 1 rings (SSSR count). The molecule has 0 aliphatic carbocycles. The Balaban J connectivity index is 2.80. The minimum Gasteiger partial charge on any atom is -0.467 e. The first-order valence-corrected chi connectivity index (χ1v) is 7.08. The van der Waals surface area contributed by atoms with Gasteiger partial charge in [0, 0.05) is 12.0 Å². The summed E-state index contributed by atoms with van der Waals surface area (Å²) >= 11 is 0. The van der Waals surface area contributed by atoms with E-state index >= 15 is 0 Å². The largest absolute Gasteiger partial charge is 0.467 e. The fourth-order valence-electron chi connectivity index (χ4n) is 1.83. The van der Waals surface area contributed by atoms with Crippen LogP contribution in [0.4, 0.5) is 4.79 Å². The van der Waals surface area contributed by atoms with Crippen molar-refractivity contribution in [3.05, 3.63) is 35.4 Å². The van der Waals surface area contributed by atoms with E-state index in [9.17, 15) is 14.4 Å². The molecule has 0 aliphatic heterocycles. The lowest BCUT2D eigenvalue weighted by molar-refractivity contribution is -0.143. The highest BCUT2D eigenvalue weighted by molar-refractivity contribution is 5.92. The number of ether oxygens (including phenoxy) is 2. The molecule has 0 bridgehead atoms.